The van der Waals surface area contributed by atoms with Crippen LogP contribution in [-0.4, -0.2) is 24.3 Å². The van der Waals surface area contributed by atoms with Gasteiger partial charge in [0.1, 0.15) is 17.5 Å². The van der Waals surface area contributed by atoms with Crippen LogP contribution in [-0.2, 0) is 6.54 Å². The Morgan fingerprint density at radius 3 is 2.29 bits per heavy atom. The molecule has 21 heavy (non-hydrogen) atoms. The fraction of sp³-hybridized carbons (Fsp3) is 0.188. The first kappa shape index (κ1) is 15.3. The summed E-state index contributed by atoms with van der Waals surface area (Å²) in [5, 5.41) is 0. The lowest BCUT2D eigenvalue weighted by molar-refractivity contribution is 0.0938. The third kappa shape index (κ3) is 4.16. The number of hydrogen-bond acceptors (Lipinski definition) is 2. The third-order valence-corrected chi connectivity index (χ3v) is 3.01. The van der Waals surface area contributed by atoms with E-state index in [1.54, 1.807) is 24.1 Å². The molecule has 0 unspecified atom stereocenters. The number of Topliss-reactive ketones (excluding diaryl/α,β-unsaturated/α-hetero) is 1. The summed E-state index contributed by atoms with van der Waals surface area (Å²) in [6.45, 7) is 0.348. The van der Waals surface area contributed by atoms with Gasteiger partial charge < -0.3 is 0 Å². The zero-order valence-electron chi connectivity index (χ0n) is 11.4. The molecular formula is C16H14F3NO. The Kier molecular flexibility index (Phi) is 4.75. The number of nitrogens with zero attached hydrogens (tertiary/aromatic N) is 1. The van der Waals surface area contributed by atoms with Crippen molar-refractivity contribution in [3.8, 4) is 0 Å². The Hall–Kier alpha value is -2.14. The van der Waals surface area contributed by atoms with E-state index in [4.69, 9.17) is 0 Å². The van der Waals surface area contributed by atoms with Gasteiger partial charge in [0.15, 0.2) is 5.78 Å². The normalized spacial score (nSPS) is 10.9. The largest absolute Gasteiger partial charge is 0.295 e. The lowest BCUT2D eigenvalue weighted by atomic mass is 10.1. The predicted octanol–water partition coefficient (Wildman–Crippen LogP) is 3.42. The van der Waals surface area contributed by atoms with E-state index in [1.165, 1.54) is 12.1 Å². The van der Waals surface area contributed by atoms with E-state index in [9.17, 15) is 18.0 Å². The molecule has 0 spiro atoms. The molecule has 0 saturated carbocycles. The molecule has 0 aliphatic heterocycles. The zero-order valence-corrected chi connectivity index (χ0v) is 11.4. The SMILES string of the molecule is CN(CC(=O)c1cc(F)ccc1F)Cc1ccc(F)cc1. The Bertz CT molecular complexity index is 640. The van der Waals surface area contributed by atoms with Crippen LogP contribution in [0.15, 0.2) is 42.5 Å². The van der Waals surface area contributed by atoms with Gasteiger partial charge in [-0.2, -0.15) is 0 Å². The molecule has 0 aliphatic carbocycles. The molecule has 0 radical (unpaired) electrons. The van der Waals surface area contributed by atoms with Crippen LogP contribution in [0.25, 0.3) is 0 Å². The highest BCUT2D eigenvalue weighted by atomic mass is 19.1. The van der Waals surface area contributed by atoms with Gasteiger partial charge >= 0.3 is 0 Å². The number of ketones is 1. The summed E-state index contributed by atoms with van der Waals surface area (Å²) in [7, 11) is 1.68. The fourth-order valence-electron chi connectivity index (χ4n) is 2.00. The van der Waals surface area contributed by atoms with Crippen LogP contribution in [0, 0.1) is 17.5 Å². The first-order chi connectivity index (χ1) is 9.95. The second kappa shape index (κ2) is 6.54. The quantitative estimate of drug-likeness (QED) is 0.787. The summed E-state index contributed by atoms with van der Waals surface area (Å²) in [5.74, 6) is -2.23. The molecule has 0 amide bonds. The van der Waals surface area contributed by atoms with Crippen molar-refractivity contribution in [2.75, 3.05) is 13.6 Å². The van der Waals surface area contributed by atoms with Crippen molar-refractivity contribution < 1.29 is 18.0 Å². The maximum Gasteiger partial charge on any atom is 0.179 e. The molecule has 0 N–H and O–H groups in total. The predicted molar refractivity (Wildman–Crippen MR) is 73.4 cm³/mol. The van der Waals surface area contributed by atoms with E-state index in [2.05, 4.69) is 0 Å². The molecule has 0 bridgehead atoms. The van der Waals surface area contributed by atoms with Gasteiger partial charge in [-0.15, -0.1) is 0 Å². The molecule has 2 rings (SSSR count). The molecule has 2 aromatic rings. The number of benzene rings is 2. The zero-order chi connectivity index (χ0) is 15.4. The molecule has 0 saturated heterocycles. The van der Waals surface area contributed by atoms with Gasteiger partial charge in [-0.05, 0) is 42.9 Å². The summed E-state index contributed by atoms with van der Waals surface area (Å²) in [6, 6.07) is 8.67. The standard InChI is InChI=1S/C16H14F3NO/c1-20(9-11-2-4-12(17)5-3-11)10-16(21)14-8-13(18)6-7-15(14)19/h2-8H,9-10H2,1H3. The highest BCUT2D eigenvalue weighted by molar-refractivity contribution is 5.97. The van der Waals surface area contributed by atoms with Crippen molar-refractivity contribution in [3.05, 3.63) is 71.0 Å². The monoisotopic (exact) mass is 293 g/mol. The van der Waals surface area contributed by atoms with Gasteiger partial charge in [0.2, 0.25) is 0 Å². The number of halogens is 3. The van der Waals surface area contributed by atoms with Crippen LogP contribution in [0.3, 0.4) is 0 Å². The Morgan fingerprint density at radius 2 is 1.62 bits per heavy atom. The van der Waals surface area contributed by atoms with Crippen LogP contribution >= 0.6 is 0 Å². The first-order valence-electron chi connectivity index (χ1n) is 6.37. The van der Waals surface area contributed by atoms with E-state index in [1.807, 2.05) is 0 Å². The smallest absolute Gasteiger partial charge is 0.179 e. The van der Waals surface area contributed by atoms with Crippen molar-refractivity contribution in [3.63, 3.8) is 0 Å². The molecular weight excluding hydrogens is 279 g/mol. The topological polar surface area (TPSA) is 20.3 Å². The molecule has 0 atom stereocenters. The van der Waals surface area contributed by atoms with Gasteiger partial charge in [-0.3, -0.25) is 9.69 Å². The highest BCUT2D eigenvalue weighted by Gasteiger charge is 2.15. The number of hydrogen-bond donors (Lipinski definition) is 0. The summed E-state index contributed by atoms with van der Waals surface area (Å²) >= 11 is 0. The summed E-state index contributed by atoms with van der Waals surface area (Å²) in [6.07, 6.45) is 0. The third-order valence-electron chi connectivity index (χ3n) is 3.01. The lowest BCUT2D eigenvalue weighted by Gasteiger charge is -2.16. The minimum atomic E-state index is -0.739. The van der Waals surface area contributed by atoms with Crippen molar-refractivity contribution in [2.24, 2.45) is 0 Å². The molecule has 110 valence electrons. The van der Waals surface area contributed by atoms with Gasteiger partial charge in [-0.25, -0.2) is 13.2 Å². The van der Waals surface area contributed by atoms with Crippen molar-refractivity contribution in [2.45, 2.75) is 6.54 Å². The van der Waals surface area contributed by atoms with Crippen LogP contribution in [0.2, 0.25) is 0 Å². The maximum atomic E-state index is 13.5. The second-order valence-electron chi connectivity index (χ2n) is 4.85. The van der Waals surface area contributed by atoms with Gasteiger partial charge in [-0.1, -0.05) is 12.1 Å². The Morgan fingerprint density at radius 1 is 1.00 bits per heavy atom. The Labute approximate surface area is 120 Å². The summed E-state index contributed by atoms with van der Waals surface area (Å²) in [5.41, 5.74) is 0.562. The van der Waals surface area contributed by atoms with E-state index >= 15 is 0 Å². The average molecular weight is 293 g/mol. The molecule has 5 heteroatoms. The van der Waals surface area contributed by atoms with Crippen molar-refractivity contribution in [1.82, 2.24) is 4.90 Å². The van der Waals surface area contributed by atoms with Crippen LogP contribution in [0.1, 0.15) is 15.9 Å². The Balaban J connectivity index is 2.01. The maximum absolute atomic E-state index is 13.5. The number of carbonyl (C=O) groups is 1. The molecule has 0 aliphatic rings. The molecule has 2 aromatic carbocycles. The molecule has 0 heterocycles. The minimum absolute atomic E-state index is 0.0578. The van der Waals surface area contributed by atoms with Crippen molar-refractivity contribution in [1.29, 1.82) is 0 Å². The summed E-state index contributed by atoms with van der Waals surface area (Å²) in [4.78, 5) is 13.6. The van der Waals surface area contributed by atoms with Crippen LogP contribution in [0.5, 0.6) is 0 Å². The van der Waals surface area contributed by atoms with Crippen molar-refractivity contribution >= 4 is 5.78 Å². The second-order valence-corrected chi connectivity index (χ2v) is 4.85. The van der Waals surface area contributed by atoms with Gasteiger partial charge in [0.25, 0.3) is 0 Å². The number of rotatable bonds is 5. The number of likely N-dealkylation sites (N-methyl/N-ethyl adjacent to an activating group) is 1. The van der Waals surface area contributed by atoms with Gasteiger partial charge in [0, 0.05) is 6.54 Å². The van der Waals surface area contributed by atoms with Crippen LogP contribution < -0.4 is 0 Å². The van der Waals surface area contributed by atoms with Crippen LogP contribution in [0.4, 0.5) is 13.2 Å². The lowest BCUT2D eigenvalue weighted by Crippen LogP contribution is -2.26. The summed E-state index contributed by atoms with van der Waals surface area (Å²) < 4.78 is 39.3. The molecule has 2 nitrogen and oxygen atoms in total. The average Bonchev–Trinajstić information content (AvgIpc) is 2.44. The highest BCUT2D eigenvalue weighted by Crippen LogP contribution is 2.12. The number of carbonyl (C=O) groups excluding carboxylic acids is 1. The molecule has 0 aromatic heterocycles. The van der Waals surface area contributed by atoms with E-state index in [-0.39, 0.29) is 17.9 Å². The van der Waals surface area contributed by atoms with E-state index in [0.29, 0.717) is 6.54 Å². The minimum Gasteiger partial charge on any atom is -0.295 e. The van der Waals surface area contributed by atoms with Gasteiger partial charge in [0.05, 0.1) is 12.1 Å². The van der Waals surface area contributed by atoms with E-state index < -0.39 is 17.4 Å². The first-order valence-corrected chi connectivity index (χ1v) is 6.37. The molecule has 0 fully saturated rings. The fourth-order valence-corrected chi connectivity index (χ4v) is 2.00. The van der Waals surface area contributed by atoms with E-state index in [0.717, 1.165) is 23.8 Å².